The Morgan fingerprint density at radius 3 is 2.54 bits per heavy atom. The zero-order valence-electron chi connectivity index (χ0n) is 14.5. The first kappa shape index (κ1) is 19.2. The van der Waals surface area contributed by atoms with Crippen LogP contribution in [0.4, 0.5) is 0 Å². The van der Waals surface area contributed by atoms with Gasteiger partial charge in [-0.2, -0.15) is 0 Å². The first-order valence-corrected chi connectivity index (χ1v) is 9.46. The molecule has 1 N–H and O–H groups in total. The van der Waals surface area contributed by atoms with Crippen molar-refractivity contribution >= 4 is 29.1 Å². The van der Waals surface area contributed by atoms with Crippen LogP contribution in [0.2, 0.25) is 10.0 Å². The summed E-state index contributed by atoms with van der Waals surface area (Å²) in [5, 5.41) is 4.23. The smallest absolute Gasteiger partial charge is 0.225 e. The third-order valence-corrected chi connectivity index (χ3v) is 5.03. The second-order valence-corrected chi connectivity index (χ2v) is 7.20. The molecular formula is C20H22Cl2N2O2. The number of benzene rings is 2. The number of morpholine rings is 1. The highest BCUT2D eigenvalue weighted by Crippen LogP contribution is 2.22. The number of hydrogen-bond donors (Lipinski definition) is 1. The van der Waals surface area contributed by atoms with Gasteiger partial charge < -0.3 is 10.1 Å². The number of nitrogens with one attached hydrogen (secondary N) is 1. The van der Waals surface area contributed by atoms with Gasteiger partial charge >= 0.3 is 0 Å². The van der Waals surface area contributed by atoms with Crippen LogP contribution in [0.15, 0.2) is 48.5 Å². The molecule has 1 heterocycles. The Morgan fingerprint density at radius 1 is 1.12 bits per heavy atom. The van der Waals surface area contributed by atoms with Gasteiger partial charge in [-0.05, 0) is 23.3 Å². The third kappa shape index (κ3) is 5.45. The van der Waals surface area contributed by atoms with Gasteiger partial charge in [-0.1, -0.05) is 59.6 Å². The van der Waals surface area contributed by atoms with Gasteiger partial charge in [0.25, 0.3) is 0 Å². The van der Waals surface area contributed by atoms with Crippen LogP contribution in [0.3, 0.4) is 0 Å². The van der Waals surface area contributed by atoms with Gasteiger partial charge in [0, 0.05) is 29.7 Å². The van der Waals surface area contributed by atoms with Crippen molar-refractivity contribution in [2.24, 2.45) is 0 Å². The largest absolute Gasteiger partial charge is 0.379 e. The molecule has 0 spiro atoms. The van der Waals surface area contributed by atoms with Gasteiger partial charge in [0.05, 0.1) is 25.7 Å². The van der Waals surface area contributed by atoms with E-state index in [2.05, 4.69) is 10.2 Å². The molecule has 1 aliphatic heterocycles. The van der Waals surface area contributed by atoms with E-state index in [4.69, 9.17) is 27.9 Å². The molecule has 1 saturated heterocycles. The summed E-state index contributed by atoms with van der Waals surface area (Å²) in [6.07, 6.45) is 0.225. The highest BCUT2D eigenvalue weighted by atomic mass is 35.5. The quantitative estimate of drug-likeness (QED) is 0.813. The van der Waals surface area contributed by atoms with Gasteiger partial charge in [-0.15, -0.1) is 0 Å². The lowest BCUT2D eigenvalue weighted by atomic mass is 10.0. The molecule has 1 atom stereocenters. The van der Waals surface area contributed by atoms with E-state index >= 15 is 0 Å². The van der Waals surface area contributed by atoms with Gasteiger partial charge in [-0.3, -0.25) is 9.69 Å². The topological polar surface area (TPSA) is 41.6 Å². The van der Waals surface area contributed by atoms with Crippen molar-refractivity contribution in [1.29, 1.82) is 0 Å². The standard InChI is InChI=1S/C20H22Cl2N2O2/c21-17-7-6-16(18(22)13-17)12-20(25)23-19(15-4-2-1-3-5-15)14-24-8-10-26-11-9-24/h1-7,13,19H,8-12,14H2,(H,23,25)/t19-/m1/s1. The fraction of sp³-hybridized carbons (Fsp3) is 0.350. The van der Waals surface area contributed by atoms with Crippen LogP contribution in [-0.4, -0.2) is 43.7 Å². The van der Waals surface area contributed by atoms with Crippen LogP contribution < -0.4 is 5.32 Å². The Labute approximate surface area is 164 Å². The fourth-order valence-electron chi connectivity index (χ4n) is 3.05. The molecule has 26 heavy (non-hydrogen) atoms. The molecule has 3 rings (SSSR count). The Kier molecular flexibility index (Phi) is 6.92. The second-order valence-electron chi connectivity index (χ2n) is 6.36. The van der Waals surface area contributed by atoms with Gasteiger partial charge in [0.2, 0.25) is 5.91 Å². The summed E-state index contributed by atoms with van der Waals surface area (Å²) in [4.78, 5) is 14.9. The van der Waals surface area contributed by atoms with Crippen molar-refractivity contribution in [2.75, 3.05) is 32.8 Å². The van der Waals surface area contributed by atoms with Crippen LogP contribution >= 0.6 is 23.2 Å². The van der Waals surface area contributed by atoms with Crippen LogP contribution in [0.25, 0.3) is 0 Å². The summed E-state index contributed by atoms with van der Waals surface area (Å²) < 4.78 is 5.42. The van der Waals surface area contributed by atoms with E-state index in [0.717, 1.165) is 44.0 Å². The molecule has 0 unspecified atom stereocenters. The zero-order valence-corrected chi connectivity index (χ0v) is 16.0. The Hall–Kier alpha value is -1.59. The number of amides is 1. The summed E-state index contributed by atoms with van der Waals surface area (Å²) in [7, 11) is 0. The van der Waals surface area contributed by atoms with E-state index < -0.39 is 0 Å². The summed E-state index contributed by atoms with van der Waals surface area (Å²) in [6, 6.07) is 15.2. The van der Waals surface area contributed by atoms with E-state index in [1.165, 1.54) is 0 Å². The van der Waals surface area contributed by atoms with Crippen LogP contribution in [0.5, 0.6) is 0 Å². The van der Waals surface area contributed by atoms with E-state index in [1.807, 2.05) is 30.3 Å². The minimum absolute atomic E-state index is 0.0589. The highest BCUT2D eigenvalue weighted by Gasteiger charge is 2.20. The minimum atomic E-state index is -0.0760. The van der Waals surface area contributed by atoms with Gasteiger partial charge in [0.1, 0.15) is 0 Å². The number of carbonyl (C=O) groups excluding carboxylic acids is 1. The lowest BCUT2D eigenvalue weighted by Gasteiger charge is -2.31. The van der Waals surface area contributed by atoms with Crippen molar-refractivity contribution in [1.82, 2.24) is 10.2 Å². The van der Waals surface area contributed by atoms with E-state index in [-0.39, 0.29) is 18.4 Å². The van der Waals surface area contributed by atoms with Crippen LogP contribution in [0.1, 0.15) is 17.2 Å². The molecule has 2 aromatic carbocycles. The zero-order chi connectivity index (χ0) is 18.4. The first-order valence-electron chi connectivity index (χ1n) is 8.70. The maximum atomic E-state index is 12.6. The molecule has 0 radical (unpaired) electrons. The van der Waals surface area contributed by atoms with E-state index in [0.29, 0.717) is 10.0 Å². The summed E-state index contributed by atoms with van der Waals surface area (Å²) in [5.41, 5.74) is 1.86. The lowest BCUT2D eigenvalue weighted by Crippen LogP contribution is -2.43. The molecular weight excluding hydrogens is 371 g/mol. The molecule has 6 heteroatoms. The Bertz CT molecular complexity index is 734. The summed E-state index contributed by atoms with van der Waals surface area (Å²) in [5.74, 6) is -0.0589. The molecule has 0 aliphatic carbocycles. The molecule has 0 saturated carbocycles. The van der Waals surface area contributed by atoms with Crippen molar-refractivity contribution in [2.45, 2.75) is 12.5 Å². The summed E-state index contributed by atoms with van der Waals surface area (Å²) >= 11 is 12.1. The molecule has 1 amide bonds. The maximum Gasteiger partial charge on any atom is 0.225 e. The molecule has 1 fully saturated rings. The number of hydrogen-bond acceptors (Lipinski definition) is 3. The fourth-order valence-corrected chi connectivity index (χ4v) is 3.52. The SMILES string of the molecule is O=C(Cc1ccc(Cl)cc1Cl)N[C@H](CN1CCOCC1)c1ccccc1. The average Bonchev–Trinajstić information content (AvgIpc) is 2.65. The van der Waals surface area contributed by atoms with Crippen LogP contribution in [-0.2, 0) is 16.0 Å². The molecule has 0 aromatic heterocycles. The average molecular weight is 393 g/mol. The first-order chi connectivity index (χ1) is 12.6. The third-order valence-electron chi connectivity index (χ3n) is 4.45. The van der Waals surface area contributed by atoms with Crippen LogP contribution in [0, 0.1) is 0 Å². The number of halogens is 2. The molecule has 0 bridgehead atoms. The van der Waals surface area contributed by atoms with E-state index in [9.17, 15) is 4.79 Å². The molecule has 138 valence electrons. The summed E-state index contributed by atoms with van der Waals surface area (Å²) in [6.45, 7) is 3.98. The van der Waals surface area contributed by atoms with Crippen molar-refractivity contribution < 1.29 is 9.53 Å². The normalized spacial score (nSPS) is 16.2. The Balaban J connectivity index is 1.68. The number of nitrogens with zero attached hydrogens (tertiary/aromatic N) is 1. The second kappa shape index (κ2) is 9.38. The van der Waals surface area contributed by atoms with Crippen molar-refractivity contribution in [3.8, 4) is 0 Å². The van der Waals surface area contributed by atoms with Crippen molar-refractivity contribution in [3.63, 3.8) is 0 Å². The number of ether oxygens (including phenoxy) is 1. The molecule has 4 nitrogen and oxygen atoms in total. The predicted molar refractivity (Wildman–Crippen MR) is 105 cm³/mol. The lowest BCUT2D eigenvalue weighted by molar-refractivity contribution is -0.121. The van der Waals surface area contributed by atoms with Gasteiger partial charge in [-0.25, -0.2) is 0 Å². The van der Waals surface area contributed by atoms with Gasteiger partial charge in [0.15, 0.2) is 0 Å². The number of rotatable bonds is 6. The van der Waals surface area contributed by atoms with Crippen molar-refractivity contribution in [3.05, 3.63) is 69.7 Å². The molecule has 2 aromatic rings. The Morgan fingerprint density at radius 2 is 1.85 bits per heavy atom. The van der Waals surface area contributed by atoms with E-state index in [1.54, 1.807) is 18.2 Å². The number of carbonyl (C=O) groups is 1. The monoisotopic (exact) mass is 392 g/mol. The minimum Gasteiger partial charge on any atom is -0.379 e. The highest BCUT2D eigenvalue weighted by molar-refractivity contribution is 6.35. The predicted octanol–water partition coefficient (Wildman–Crippen LogP) is 3.73. The molecule has 1 aliphatic rings. The maximum absolute atomic E-state index is 12.6.